The quantitative estimate of drug-likeness (QED) is 0.586. The van der Waals surface area contributed by atoms with E-state index in [1.54, 1.807) is 12.1 Å². The summed E-state index contributed by atoms with van der Waals surface area (Å²) in [5.74, 6) is 2.70. The van der Waals surface area contributed by atoms with Crippen LogP contribution in [0.4, 0.5) is 4.39 Å². The Bertz CT molecular complexity index is 508. The van der Waals surface area contributed by atoms with Crippen LogP contribution >= 0.6 is 0 Å². The van der Waals surface area contributed by atoms with Crippen molar-refractivity contribution < 1.29 is 4.39 Å². The van der Waals surface area contributed by atoms with Crippen molar-refractivity contribution in [3.8, 4) is 0 Å². The highest BCUT2D eigenvalue weighted by Crippen LogP contribution is 2.42. The SMILES string of the molecule is CCCC1CCC(C2CC=C(c3ccccc3F)CC2)CC1. The molecule has 1 atom stereocenters. The maximum absolute atomic E-state index is 13.9. The van der Waals surface area contributed by atoms with Gasteiger partial charge in [0.25, 0.3) is 0 Å². The van der Waals surface area contributed by atoms with Crippen molar-refractivity contribution in [1.29, 1.82) is 0 Å². The summed E-state index contributed by atoms with van der Waals surface area (Å²) in [4.78, 5) is 0. The molecule has 0 aliphatic heterocycles. The molecule has 1 fully saturated rings. The Balaban J connectivity index is 1.57. The van der Waals surface area contributed by atoms with Crippen LogP contribution in [0, 0.1) is 23.6 Å². The molecule has 0 aromatic heterocycles. The van der Waals surface area contributed by atoms with E-state index in [1.807, 2.05) is 12.1 Å². The van der Waals surface area contributed by atoms with E-state index < -0.39 is 0 Å². The smallest absolute Gasteiger partial charge is 0.130 e. The fraction of sp³-hybridized carbons (Fsp3) is 0.619. The van der Waals surface area contributed by atoms with Crippen molar-refractivity contribution in [1.82, 2.24) is 0 Å². The summed E-state index contributed by atoms with van der Waals surface area (Å²) in [6.07, 6.45) is 14.3. The third kappa shape index (κ3) is 3.62. The van der Waals surface area contributed by atoms with Gasteiger partial charge in [-0.3, -0.25) is 0 Å². The summed E-state index contributed by atoms with van der Waals surface area (Å²) in [7, 11) is 0. The van der Waals surface area contributed by atoms with Crippen molar-refractivity contribution in [2.45, 2.75) is 64.7 Å². The molecule has 0 saturated heterocycles. The maximum Gasteiger partial charge on any atom is 0.130 e. The van der Waals surface area contributed by atoms with E-state index in [4.69, 9.17) is 0 Å². The molecule has 3 rings (SSSR count). The van der Waals surface area contributed by atoms with Crippen molar-refractivity contribution in [3.05, 3.63) is 41.7 Å². The lowest BCUT2D eigenvalue weighted by molar-refractivity contribution is 0.189. The molecule has 0 N–H and O–H groups in total. The number of allylic oxidation sites excluding steroid dienone is 2. The number of rotatable bonds is 4. The predicted molar refractivity (Wildman–Crippen MR) is 92.1 cm³/mol. The molecule has 0 radical (unpaired) electrons. The van der Waals surface area contributed by atoms with E-state index in [1.165, 1.54) is 50.5 Å². The zero-order valence-corrected chi connectivity index (χ0v) is 13.9. The minimum Gasteiger partial charge on any atom is -0.206 e. The molecule has 120 valence electrons. The Labute approximate surface area is 134 Å². The van der Waals surface area contributed by atoms with Crippen LogP contribution in [0.15, 0.2) is 30.3 Å². The lowest BCUT2D eigenvalue weighted by Gasteiger charge is -2.35. The number of hydrogen-bond donors (Lipinski definition) is 0. The first kappa shape index (κ1) is 15.8. The van der Waals surface area contributed by atoms with Crippen molar-refractivity contribution in [3.63, 3.8) is 0 Å². The Kier molecular flexibility index (Phi) is 5.33. The third-order valence-electron chi connectivity index (χ3n) is 5.93. The highest BCUT2D eigenvalue weighted by Gasteiger charge is 2.28. The van der Waals surface area contributed by atoms with Gasteiger partial charge in [-0.05, 0) is 61.5 Å². The fourth-order valence-corrected chi connectivity index (χ4v) is 4.61. The van der Waals surface area contributed by atoms with Crippen molar-refractivity contribution in [2.75, 3.05) is 0 Å². The molecule has 0 bridgehead atoms. The average Bonchev–Trinajstić information content (AvgIpc) is 2.57. The van der Waals surface area contributed by atoms with Gasteiger partial charge in [-0.2, -0.15) is 0 Å². The highest BCUT2D eigenvalue weighted by atomic mass is 19.1. The number of hydrogen-bond acceptors (Lipinski definition) is 0. The first-order chi connectivity index (χ1) is 10.8. The minimum atomic E-state index is -0.0627. The number of benzene rings is 1. The summed E-state index contributed by atoms with van der Waals surface area (Å²) in [5, 5.41) is 0. The van der Waals surface area contributed by atoms with Crippen LogP contribution in [-0.2, 0) is 0 Å². The van der Waals surface area contributed by atoms with Crippen molar-refractivity contribution >= 4 is 5.57 Å². The van der Waals surface area contributed by atoms with E-state index in [2.05, 4.69) is 13.0 Å². The molecule has 1 heteroatoms. The molecule has 0 nitrogen and oxygen atoms in total. The lowest BCUT2D eigenvalue weighted by Crippen LogP contribution is -2.23. The van der Waals surface area contributed by atoms with Gasteiger partial charge in [-0.15, -0.1) is 0 Å². The first-order valence-corrected chi connectivity index (χ1v) is 9.21. The second-order valence-corrected chi connectivity index (χ2v) is 7.31. The summed E-state index contributed by atoms with van der Waals surface area (Å²) in [5.41, 5.74) is 2.06. The van der Waals surface area contributed by atoms with Crippen LogP contribution in [0.5, 0.6) is 0 Å². The zero-order chi connectivity index (χ0) is 15.4. The Morgan fingerprint density at radius 2 is 1.77 bits per heavy atom. The van der Waals surface area contributed by atoms with Gasteiger partial charge in [0, 0.05) is 5.56 Å². The van der Waals surface area contributed by atoms with Gasteiger partial charge in [0.1, 0.15) is 5.82 Å². The molecular formula is C21H29F. The average molecular weight is 300 g/mol. The molecule has 0 amide bonds. The molecule has 1 aromatic carbocycles. The van der Waals surface area contributed by atoms with Crippen LogP contribution in [0.25, 0.3) is 5.57 Å². The zero-order valence-electron chi connectivity index (χ0n) is 13.9. The van der Waals surface area contributed by atoms with Crippen LogP contribution < -0.4 is 0 Å². The van der Waals surface area contributed by atoms with Crippen molar-refractivity contribution in [2.24, 2.45) is 17.8 Å². The molecule has 1 saturated carbocycles. The van der Waals surface area contributed by atoms with Crippen LogP contribution in [-0.4, -0.2) is 0 Å². The molecule has 0 heterocycles. The van der Waals surface area contributed by atoms with Gasteiger partial charge >= 0.3 is 0 Å². The molecular weight excluding hydrogens is 271 g/mol. The summed E-state index contributed by atoms with van der Waals surface area (Å²) in [6, 6.07) is 7.23. The molecule has 0 spiro atoms. The normalized spacial score (nSPS) is 29.2. The monoisotopic (exact) mass is 300 g/mol. The second kappa shape index (κ2) is 7.44. The van der Waals surface area contributed by atoms with Gasteiger partial charge in [0.05, 0.1) is 0 Å². The highest BCUT2D eigenvalue weighted by molar-refractivity contribution is 5.66. The standard InChI is InChI=1S/C21H29F/c1-2-5-16-8-10-17(11-9-16)18-12-14-19(15-13-18)20-6-3-4-7-21(20)22/h3-4,6-7,14,16-18H,2,5,8-13,15H2,1H3. The molecule has 1 unspecified atom stereocenters. The minimum absolute atomic E-state index is 0.0627. The summed E-state index contributed by atoms with van der Waals surface area (Å²) >= 11 is 0. The van der Waals surface area contributed by atoms with E-state index in [0.717, 1.165) is 36.2 Å². The molecule has 2 aliphatic rings. The van der Waals surface area contributed by atoms with Gasteiger partial charge in [-0.1, -0.05) is 56.9 Å². The maximum atomic E-state index is 13.9. The van der Waals surface area contributed by atoms with Crippen LogP contribution in [0.1, 0.15) is 70.3 Å². The van der Waals surface area contributed by atoms with E-state index in [9.17, 15) is 4.39 Å². The first-order valence-electron chi connectivity index (χ1n) is 9.21. The molecule has 1 aromatic rings. The predicted octanol–water partition coefficient (Wildman–Crippen LogP) is 6.62. The molecule has 22 heavy (non-hydrogen) atoms. The Morgan fingerprint density at radius 3 is 2.41 bits per heavy atom. The van der Waals surface area contributed by atoms with E-state index in [0.29, 0.717) is 0 Å². The molecule has 2 aliphatic carbocycles. The van der Waals surface area contributed by atoms with E-state index >= 15 is 0 Å². The van der Waals surface area contributed by atoms with Crippen LogP contribution in [0.3, 0.4) is 0 Å². The topological polar surface area (TPSA) is 0 Å². The van der Waals surface area contributed by atoms with Gasteiger partial charge in [0.15, 0.2) is 0 Å². The van der Waals surface area contributed by atoms with E-state index in [-0.39, 0.29) is 5.82 Å². The lowest BCUT2D eigenvalue weighted by atomic mass is 9.70. The summed E-state index contributed by atoms with van der Waals surface area (Å²) in [6.45, 7) is 2.31. The fourth-order valence-electron chi connectivity index (χ4n) is 4.61. The summed E-state index contributed by atoms with van der Waals surface area (Å²) < 4.78 is 13.9. The third-order valence-corrected chi connectivity index (χ3v) is 5.93. The Hall–Kier alpha value is -1.11. The van der Waals surface area contributed by atoms with Gasteiger partial charge in [0.2, 0.25) is 0 Å². The largest absolute Gasteiger partial charge is 0.206 e. The van der Waals surface area contributed by atoms with Gasteiger partial charge in [-0.25, -0.2) is 4.39 Å². The van der Waals surface area contributed by atoms with Gasteiger partial charge < -0.3 is 0 Å². The Morgan fingerprint density at radius 1 is 1.00 bits per heavy atom. The number of halogens is 1. The second-order valence-electron chi connectivity index (χ2n) is 7.31. The van der Waals surface area contributed by atoms with Crippen LogP contribution in [0.2, 0.25) is 0 Å².